The van der Waals surface area contributed by atoms with Gasteiger partial charge in [0, 0.05) is 30.9 Å². The number of aryl methyl sites for hydroxylation is 1. The molecule has 0 aliphatic rings. The fourth-order valence-corrected chi connectivity index (χ4v) is 2.25. The van der Waals surface area contributed by atoms with Crippen LogP contribution in [-0.4, -0.2) is 42.1 Å². The maximum Gasteiger partial charge on any atom is 0.140 e. The van der Waals surface area contributed by atoms with E-state index in [1.54, 1.807) is 0 Å². The van der Waals surface area contributed by atoms with Crippen LogP contribution in [0.5, 0.6) is 0 Å². The first-order chi connectivity index (χ1) is 8.72. The minimum absolute atomic E-state index is 0.892. The molecular formula is C14H22N4. The summed E-state index contributed by atoms with van der Waals surface area (Å²) in [5, 5.41) is 4.48. The number of hydrogen-bond donors (Lipinski definition) is 1. The Labute approximate surface area is 109 Å². The molecule has 18 heavy (non-hydrogen) atoms. The van der Waals surface area contributed by atoms with E-state index in [-0.39, 0.29) is 0 Å². The average Bonchev–Trinajstić information content (AvgIpc) is 2.69. The van der Waals surface area contributed by atoms with E-state index in [1.807, 2.05) is 19.3 Å². The molecule has 0 fully saturated rings. The Balaban J connectivity index is 2.21. The van der Waals surface area contributed by atoms with E-state index in [0.717, 1.165) is 31.7 Å². The van der Waals surface area contributed by atoms with Gasteiger partial charge in [-0.15, -0.1) is 0 Å². The van der Waals surface area contributed by atoms with Crippen molar-refractivity contribution in [2.45, 2.75) is 19.5 Å². The van der Waals surface area contributed by atoms with Gasteiger partial charge in [-0.05, 0) is 51.8 Å². The van der Waals surface area contributed by atoms with Crippen molar-refractivity contribution in [1.82, 2.24) is 19.8 Å². The molecule has 0 aliphatic heterocycles. The van der Waals surface area contributed by atoms with E-state index < -0.39 is 0 Å². The molecule has 2 aromatic rings. The molecule has 0 atom stereocenters. The van der Waals surface area contributed by atoms with Crippen molar-refractivity contribution >= 4 is 11.0 Å². The van der Waals surface area contributed by atoms with Crippen molar-refractivity contribution in [1.29, 1.82) is 0 Å². The first-order valence-electron chi connectivity index (χ1n) is 6.44. The Hall–Kier alpha value is -1.39. The van der Waals surface area contributed by atoms with Gasteiger partial charge >= 0.3 is 0 Å². The Bertz CT molecular complexity index is 501. The summed E-state index contributed by atoms with van der Waals surface area (Å²) in [5.74, 6) is 0. The Morgan fingerprint density at radius 2 is 2.22 bits per heavy atom. The van der Waals surface area contributed by atoms with Crippen molar-refractivity contribution in [2.75, 3.05) is 27.7 Å². The largest absolute Gasteiger partial charge is 0.332 e. The highest BCUT2D eigenvalue weighted by atomic mass is 15.1. The minimum Gasteiger partial charge on any atom is -0.332 e. The first kappa shape index (κ1) is 13.1. The fraction of sp³-hybridized carbons (Fsp3) is 0.500. The van der Waals surface area contributed by atoms with E-state index in [4.69, 9.17) is 0 Å². The molecule has 0 spiro atoms. The quantitative estimate of drug-likeness (QED) is 0.842. The highest BCUT2D eigenvalue weighted by molar-refractivity contribution is 5.80. The zero-order valence-corrected chi connectivity index (χ0v) is 11.5. The van der Waals surface area contributed by atoms with Gasteiger partial charge < -0.3 is 14.8 Å². The third-order valence-electron chi connectivity index (χ3n) is 3.09. The number of nitrogens with zero attached hydrogens (tertiary/aromatic N) is 3. The van der Waals surface area contributed by atoms with Crippen molar-refractivity contribution < 1.29 is 0 Å². The molecule has 0 aliphatic carbocycles. The van der Waals surface area contributed by atoms with Gasteiger partial charge in [-0.2, -0.15) is 0 Å². The van der Waals surface area contributed by atoms with Gasteiger partial charge in [0.2, 0.25) is 0 Å². The molecule has 98 valence electrons. The monoisotopic (exact) mass is 246 g/mol. The highest BCUT2D eigenvalue weighted by Gasteiger charge is 2.08. The summed E-state index contributed by atoms with van der Waals surface area (Å²) in [6.45, 7) is 3.02. The second-order valence-electron chi connectivity index (χ2n) is 4.91. The summed E-state index contributed by atoms with van der Waals surface area (Å²) in [6, 6.07) is 4.16. The van der Waals surface area contributed by atoms with Crippen LogP contribution in [0, 0.1) is 0 Å². The van der Waals surface area contributed by atoms with E-state index in [0.29, 0.717) is 0 Å². The molecular weight excluding hydrogens is 224 g/mol. The number of pyridine rings is 1. The van der Waals surface area contributed by atoms with Crippen LogP contribution < -0.4 is 5.32 Å². The molecule has 4 nitrogen and oxygen atoms in total. The molecule has 0 aromatic carbocycles. The van der Waals surface area contributed by atoms with Gasteiger partial charge in [0.15, 0.2) is 0 Å². The lowest BCUT2D eigenvalue weighted by atomic mass is 10.2. The number of fused-ring (bicyclic) bond motifs is 1. The predicted molar refractivity (Wildman–Crippen MR) is 75.7 cm³/mol. The maximum absolute atomic E-state index is 4.50. The molecule has 2 aromatic heterocycles. The molecule has 0 radical (unpaired) electrons. The van der Waals surface area contributed by atoms with Gasteiger partial charge in [0.05, 0.1) is 0 Å². The molecule has 0 saturated heterocycles. The molecule has 1 N–H and O–H groups in total. The number of hydrogen-bond acceptors (Lipinski definition) is 3. The Morgan fingerprint density at radius 3 is 2.94 bits per heavy atom. The van der Waals surface area contributed by atoms with Crippen LogP contribution in [0.3, 0.4) is 0 Å². The van der Waals surface area contributed by atoms with Crippen molar-refractivity contribution in [3.63, 3.8) is 0 Å². The van der Waals surface area contributed by atoms with Crippen molar-refractivity contribution in [2.24, 2.45) is 0 Å². The summed E-state index contributed by atoms with van der Waals surface area (Å²) in [6.07, 6.45) is 5.24. The van der Waals surface area contributed by atoms with Crippen molar-refractivity contribution in [3.05, 3.63) is 30.1 Å². The molecule has 0 saturated carbocycles. The van der Waals surface area contributed by atoms with Crippen molar-refractivity contribution in [3.8, 4) is 0 Å². The second-order valence-corrected chi connectivity index (χ2v) is 4.91. The third kappa shape index (κ3) is 2.89. The highest BCUT2D eigenvalue weighted by Crippen LogP contribution is 2.19. The van der Waals surface area contributed by atoms with Gasteiger partial charge in [0.25, 0.3) is 0 Å². The maximum atomic E-state index is 4.50. The van der Waals surface area contributed by atoms with Crippen LogP contribution in [-0.2, 0) is 13.1 Å². The summed E-state index contributed by atoms with van der Waals surface area (Å²) in [7, 11) is 6.20. The minimum atomic E-state index is 0.892. The van der Waals surface area contributed by atoms with Crippen LogP contribution in [0.15, 0.2) is 24.5 Å². The van der Waals surface area contributed by atoms with E-state index >= 15 is 0 Å². The lowest BCUT2D eigenvalue weighted by Crippen LogP contribution is -2.15. The zero-order valence-electron chi connectivity index (χ0n) is 11.5. The first-order valence-corrected chi connectivity index (χ1v) is 6.44. The standard InChI is InChI=1S/C14H22N4/c1-15-10-12-11-18(9-5-8-17(2)3)14-13(12)6-4-7-16-14/h4,6-7,11,15H,5,8-10H2,1-3H3. The lowest BCUT2D eigenvalue weighted by Gasteiger charge is -2.09. The molecule has 0 bridgehead atoms. The molecule has 4 heteroatoms. The average molecular weight is 246 g/mol. The number of rotatable bonds is 6. The van der Waals surface area contributed by atoms with E-state index in [9.17, 15) is 0 Å². The van der Waals surface area contributed by atoms with E-state index in [1.165, 1.54) is 10.9 Å². The topological polar surface area (TPSA) is 33.1 Å². The Morgan fingerprint density at radius 1 is 1.39 bits per heavy atom. The molecule has 2 heterocycles. The normalized spacial score (nSPS) is 11.6. The second kappa shape index (κ2) is 5.98. The summed E-state index contributed by atoms with van der Waals surface area (Å²) < 4.78 is 2.27. The third-order valence-corrected chi connectivity index (χ3v) is 3.09. The molecule has 0 unspecified atom stereocenters. The number of nitrogens with one attached hydrogen (secondary N) is 1. The zero-order chi connectivity index (χ0) is 13.0. The van der Waals surface area contributed by atoms with Crippen LogP contribution >= 0.6 is 0 Å². The Kier molecular flexibility index (Phi) is 4.33. The number of aromatic nitrogens is 2. The lowest BCUT2D eigenvalue weighted by molar-refractivity contribution is 0.387. The van der Waals surface area contributed by atoms with Crippen LogP contribution in [0.25, 0.3) is 11.0 Å². The van der Waals surface area contributed by atoms with Gasteiger partial charge in [0.1, 0.15) is 5.65 Å². The van der Waals surface area contributed by atoms with Gasteiger partial charge in [-0.3, -0.25) is 0 Å². The summed E-state index contributed by atoms with van der Waals surface area (Å²) >= 11 is 0. The van der Waals surface area contributed by atoms with Gasteiger partial charge in [-0.25, -0.2) is 4.98 Å². The molecule has 0 amide bonds. The summed E-state index contributed by atoms with van der Waals surface area (Å²) in [4.78, 5) is 6.72. The fourth-order valence-electron chi connectivity index (χ4n) is 2.25. The van der Waals surface area contributed by atoms with Crippen LogP contribution in [0.2, 0.25) is 0 Å². The van der Waals surface area contributed by atoms with E-state index in [2.05, 4.69) is 46.1 Å². The van der Waals surface area contributed by atoms with Crippen LogP contribution in [0.4, 0.5) is 0 Å². The SMILES string of the molecule is CNCc1cn(CCCN(C)C)c2ncccc12. The molecule has 2 rings (SSSR count). The smallest absolute Gasteiger partial charge is 0.140 e. The summed E-state index contributed by atoms with van der Waals surface area (Å²) in [5.41, 5.74) is 2.42. The predicted octanol–water partition coefficient (Wildman–Crippen LogP) is 1.71. The van der Waals surface area contributed by atoms with Crippen LogP contribution in [0.1, 0.15) is 12.0 Å². The van der Waals surface area contributed by atoms with Gasteiger partial charge in [-0.1, -0.05) is 0 Å².